The molecule has 0 saturated carbocycles. The lowest BCUT2D eigenvalue weighted by Crippen LogP contribution is -2.36. The van der Waals surface area contributed by atoms with E-state index >= 15 is 0 Å². The van der Waals surface area contributed by atoms with Gasteiger partial charge in [0.05, 0.1) is 24.6 Å². The molecular weight excluding hydrogens is 307 g/mol. The molecule has 5 heteroatoms. The summed E-state index contributed by atoms with van der Waals surface area (Å²) in [4.78, 5) is 14.4. The van der Waals surface area contributed by atoms with Crippen LogP contribution >= 0.6 is 0 Å². The van der Waals surface area contributed by atoms with E-state index in [4.69, 9.17) is 4.74 Å². The minimum atomic E-state index is -0.324. The van der Waals surface area contributed by atoms with Gasteiger partial charge < -0.3 is 15.0 Å². The van der Waals surface area contributed by atoms with E-state index in [1.54, 1.807) is 18.2 Å². The van der Waals surface area contributed by atoms with Crippen LogP contribution in [-0.4, -0.2) is 32.2 Å². The van der Waals surface area contributed by atoms with E-state index in [2.05, 4.69) is 10.2 Å². The van der Waals surface area contributed by atoms with Crippen LogP contribution in [0.3, 0.4) is 0 Å². The molecule has 124 valence electrons. The molecule has 4 nitrogen and oxygen atoms in total. The normalized spacial score (nSPS) is 14.8. The molecule has 0 spiro atoms. The monoisotopic (exact) mass is 326 g/mol. The molecule has 0 unspecified atom stereocenters. The molecule has 1 saturated heterocycles. The van der Waals surface area contributed by atoms with Crippen molar-refractivity contribution in [2.45, 2.75) is 0 Å². The number of nitrogens with zero attached hydrogens (tertiary/aromatic N) is 1. The van der Waals surface area contributed by atoms with E-state index in [9.17, 15) is 9.18 Å². The van der Waals surface area contributed by atoms with Crippen molar-refractivity contribution in [3.05, 3.63) is 66.0 Å². The molecule has 3 rings (SSSR count). The smallest absolute Gasteiger partial charge is 0.248 e. The summed E-state index contributed by atoms with van der Waals surface area (Å²) in [5.74, 6) is -0.574. The molecule has 24 heavy (non-hydrogen) atoms. The summed E-state index contributed by atoms with van der Waals surface area (Å²) in [6.07, 6.45) is 3.00. The lowest BCUT2D eigenvalue weighted by molar-refractivity contribution is -0.111. The van der Waals surface area contributed by atoms with Crippen LogP contribution < -0.4 is 10.2 Å². The third-order valence-electron chi connectivity index (χ3n) is 3.79. The van der Waals surface area contributed by atoms with Gasteiger partial charge in [-0.25, -0.2) is 4.39 Å². The summed E-state index contributed by atoms with van der Waals surface area (Å²) < 4.78 is 18.5. The number of rotatable bonds is 4. The van der Waals surface area contributed by atoms with Gasteiger partial charge in [-0.1, -0.05) is 24.3 Å². The molecule has 1 N–H and O–H groups in total. The standard InChI is InChI=1S/C19H19FN2O2/c20-16-5-3-4-15(14-16)8-9-19(23)21-17-6-1-2-7-18(17)22-10-12-24-13-11-22/h1-9,14H,10-13H2,(H,21,23)/b9-8+. The Hall–Kier alpha value is -2.66. The minimum absolute atomic E-state index is 0.250. The van der Waals surface area contributed by atoms with E-state index in [1.165, 1.54) is 18.2 Å². The fourth-order valence-corrected chi connectivity index (χ4v) is 2.62. The molecule has 1 aliphatic heterocycles. The molecule has 0 aliphatic carbocycles. The van der Waals surface area contributed by atoms with Gasteiger partial charge in [-0.15, -0.1) is 0 Å². The zero-order valence-electron chi connectivity index (χ0n) is 13.2. The number of hydrogen-bond acceptors (Lipinski definition) is 3. The van der Waals surface area contributed by atoms with Crippen molar-refractivity contribution in [2.75, 3.05) is 36.5 Å². The van der Waals surface area contributed by atoms with Gasteiger partial charge in [0.25, 0.3) is 0 Å². The average Bonchev–Trinajstić information content (AvgIpc) is 2.61. The SMILES string of the molecule is O=C(/C=C/c1cccc(F)c1)Nc1ccccc1N1CCOCC1. The third-order valence-corrected chi connectivity index (χ3v) is 3.79. The highest BCUT2D eigenvalue weighted by molar-refractivity contribution is 6.03. The molecule has 2 aromatic carbocycles. The molecule has 0 radical (unpaired) electrons. The fraction of sp³-hybridized carbons (Fsp3) is 0.211. The van der Waals surface area contributed by atoms with Crippen LogP contribution in [0.4, 0.5) is 15.8 Å². The molecule has 0 bridgehead atoms. The number of halogens is 1. The number of anilines is 2. The molecule has 0 aromatic heterocycles. The first kappa shape index (κ1) is 16.2. The van der Waals surface area contributed by atoms with Gasteiger partial charge in [0, 0.05) is 19.2 Å². The number of amides is 1. The number of benzene rings is 2. The maximum atomic E-state index is 13.1. The fourth-order valence-electron chi connectivity index (χ4n) is 2.62. The molecule has 1 fully saturated rings. The number of morpholine rings is 1. The Balaban J connectivity index is 1.70. The minimum Gasteiger partial charge on any atom is -0.378 e. The third kappa shape index (κ3) is 4.20. The Bertz CT molecular complexity index is 740. The number of para-hydroxylation sites is 2. The summed E-state index contributed by atoms with van der Waals surface area (Å²) in [6, 6.07) is 13.8. The number of hydrogen-bond donors (Lipinski definition) is 1. The van der Waals surface area contributed by atoms with Gasteiger partial charge in [0.15, 0.2) is 0 Å². The second kappa shape index (κ2) is 7.75. The van der Waals surface area contributed by atoms with Gasteiger partial charge in [0.2, 0.25) is 5.91 Å². The molecule has 1 aliphatic rings. The zero-order valence-corrected chi connectivity index (χ0v) is 13.2. The van der Waals surface area contributed by atoms with E-state index in [-0.39, 0.29) is 11.7 Å². The van der Waals surface area contributed by atoms with Crippen molar-refractivity contribution < 1.29 is 13.9 Å². The van der Waals surface area contributed by atoms with Crippen LogP contribution in [0.5, 0.6) is 0 Å². The Labute approximate surface area is 140 Å². The van der Waals surface area contributed by atoms with Crippen molar-refractivity contribution >= 4 is 23.4 Å². The van der Waals surface area contributed by atoms with Crippen molar-refractivity contribution in [1.29, 1.82) is 0 Å². The Morgan fingerprint density at radius 2 is 1.92 bits per heavy atom. The molecule has 0 atom stereocenters. The Kier molecular flexibility index (Phi) is 5.23. The predicted octanol–water partition coefficient (Wildman–Crippen LogP) is 3.31. The van der Waals surface area contributed by atoms with Gasteiger partial charge >= 0.3 is 0 Å². The van der Waals surface area contributed by atoms with Crippen LogP contribution in [0, 0.1) is 5.82 Å². The maximum absolute atomic E-state index is 13.1. The van der Waals surface area contributed by atoms with Crippen LogP contribution in [0.2, 0.25) is 0 Å². The van der Waals surface area contributed by atoms with Crippen LogP contribution in [-0.2, 0) is 9.53 Å². The summed E-state index contributed by atoms with van der Waals surface area (Å²) in [5, 5.41) is 2.89. The van der Waals surface area contributed by atoms with Crippen molar-refractivity contribution in [3.63, 3.8) is 0 Å². The van der Waals surface area contributed by atoms with Gasteiger partial charge in [-0.05, 0) is 35.9 Å². The number of carbonyl (C=O) groups excluding carboxylic acids is 1. The maximum Gasteiger partial charge on any atom is 0.248 e. The number of nitrogens with one attached hydrogen (secondary N) is 1. The van der Waals surface area contributed by atoms with Gasteiger partial charge in [0.1, 0.15) is 5.82 Å². The van der Waals surface area contributed by atoms with Crippen LogP contribution in [0.1, 0.15) is 5.56 Å². The highest BCUT2D eigenvalue weighted by Crippen LogP contribution is 2.26. The molecule has 2 aromatic rings. The lowest BCUT2D eigenvalue weighted by Gasteiger charge is -2.30. The summed E-state index contributed by atoms with van der Waals surface area (Å²) in [7, 11) is 0. The first-order chi connectivity index (χ1) is 11.7. The largest absolute Gasteiger partial charge is 0.378 e. The zero-order chi connectivity index (χ0) is 16.8. The van der Waals surface area contributed by atoms with E-state index in [0.29, 0.717) is 18.8 Å². The second-order valence-corrected chi connectivity index (χ2v) is 5.49. The predicted molar refractivity (Wildman–Crippen MR) is 93.5 cm³/mol. The second-order valence-electron chi connectivity index (χ2n) is 5.49. The molecule has 1 heterocycles. The van der Waals surface area contributed by atoms with E-state index in [1.807, 2.05) is 24.3 Å². The summed E-state index contributed by atoms with van der Waals surface area (Å²) in [6.45, 7) is 2.96. The van der Waals surface area contributed by atoms with Gasteiger partial charge in [-0.2, -0.15) is 0 Å². The highest BCUT2D eigenvalue weighted by atomic mass is 19.1. The van der Waals surface area contributed by atoms with Crippen LogP contribution in [0.15, 0.2) is 54.6 Å². The van der Waals surface area contributed by atoms with Crippen LogP contribution in [0.25, 0.3) is 6.08 Å². The number of ether oxygens (including phenoxy) is 1. The van der Waals surface area contributed by atoms with Gasteiger partial charge in [-0.3, -0.25) is 4.79 Å². The highest BCUT2D eigenvalue weighted by Gasteiger charge is 2.15. The Morgan fingerprint density at radius 1 is 1.12 bits per heavy atom. The van der Waals surface area contributed by atoms with Crippen molar-refractivity contribution in [2.24, 2.45) is 0 Å². The number of carbonyl (C=O) groups is 1. The lowest BCUT2D eigenvalue weighted by atomic mass is 10.2. The van der Waals surface area contributed by atoms with Crippen molar-refractivity contribution in [1.82, 2.24) is 0 Å². The first-order valence-corrected chi connectivity index (χ1v) is 7.89. The average molecular weight is 326 g/mol. The first-order valence-electron chi connectivity index (χ1n) is 7.89. The van der Waals surface area contributed by atoms with Crippen molar-refractivity contribution in [3.8, 4) is 0 Å². The molecule has 1 amide bonds. The van der Waals surface area contributed by atoms with E-state index < -0.39 is 0 Å². The topological polar surface area (TPSA) is 41.6 Å². The summed E-state index contributed by atoms with van der Waals surface area (Å²) in [5.41, 5.74) is 2.38. The summed E-state index contributed by atoms with van der Waals surface area (Å²) >= 11 is 0. The van der Waals surface area contributed by atoms with E-state index in [0.717, 1.165) is 24.5 Å². The quantitative estimate of drug-likeness (QED) is 0.877. The Morgan fingerprint density at radius 3 is 2.71 bits per heavy atom. The molecular formula is C19H19FN2O2.